The van der Waals surface area contributed by atoms with E-state index in [-0.39, 0.29) is 0 Å². The summed E-state index contributed by atoms with van der Waals surface area (Å²) >= 11 is 3.45. The van der Waals surface area contributed by atoms with Crippen LogP contribution in [0.3, 0.4) is 0 Å². The molecule has 0 saturated heterocycles. The van der Waals surface area contributed by atoms with Gasteiger partial charge in [0.05, 0.1) is 0 Å². The molecule has 0 bridgehead atoms. The van der Waals surface area contributed by atoms with Gasteiger partial charge in [0.15, 0.2) is 0 Å². The Labute approximate surface area is 112 Å². The second-order valence-corrected chi connectivity index (χ2v) is 5.02. The van der Waals surface area contributed by atoms with Crippen molar-refractivity contribution in [2.45, 2.75) is 32.2 Å². The number of nitrogens with one attached hydrogen (secondary N) is 1. The number of pyridine rings is 1. The average Bonchev–Trinajstić information content (AvgIpc) is 2.29. The molecule has 0 spiro atoms. The highest BCUT2D eigenvalue weighted by atomic mass is 79.9. The number of halogens is 1. The molecule has 96 valence electrons. The van der Waals surface area contributed by atoms with Crippen LogP contribution < -0.4 is 5.32 Å². The summed E-state index contributed by atoms with van der Waals surface area (Å²) in [5, 5.41) is 3.51. The van der Waals surface area contributed by atoms with E-state index >= 15 is 0 Å². The van der Waals surface area contributed by atoms with Crippen molar-refractivity contribution < 1.29 is 4.74 Å². The molecule has 1 aromatic heterocycles. The van der Waals surface area contributed by atoms with E-state index in [0.717, 1.165) is 36.9 Å². The number of likely N-dealkylation sites (N-methyl/N-ethyl adjacent to an activating group) is 1. The second kappa shape index (κ2) is 8.61. The molecular weight excluding hydrogens is 280 g/mol. The Balaban J connectivity index is 2.47. The van der Waals surface area contributed by atoms with Crippen LogP contribution in [0.4, 0.5) is 0 Å². The first kappa shape index (κ1) is 14.6. The topological polar surface area (TPSA) is 34.1 Å². The van der Waals surface area contributed by atoms with Crippen LogP contribution in [0.25, 0.3) is 0 Å². The van der Waals surface area contributed by atoms with E-state index < -0.39 is 0 Å². The van der Waals surface area contributed by atoms with Gasteiger partial charge >= 0.3 is 0 Å². The molecule has 0 amide bonds. The van der Waals surface area contributed by atoms with Gasteiger partial charge in [-0.1, -0.05) is 6.92 Å². The average molecular weight is 301 g/mol. The van der Waals surface area contributed by atoms with Gasteiger partial charge in [-0.15, -0.1) is 0 Å². The van der Waals surface area contributed by atoms with Gasteiger partial charge in [0, 0.05) is 36.6 Å². The molecule has 1 rings (SSSR count). The van der Waals surface area contributed by atoms with E-state index in [1.54, 1.807) is 7.11 Å². The Bertz CT molecular complexity index is 320. The molecular formula is C13H21BrN2O. The molecule has 0 saturated carbocycles. The van der Waals surface area contributed by atoms with Crippen LogP contribution in [-0.2, 0) is 11.2 Å². The molecule has 1 heterocycles. The normalized spacial score (nSPS) is 12.6. The van der Waals surface area contributed by atoms with E-state index in [9.17, 15) is 0 Å². The highest BCUT2D eigenvalue weighted by Gasteiger charge is 2.08. The molecule has 0 aliphatic carbocycles. The fourth-order valence-electron chi connectivity index (χ4n) is 1.89. The molecule has 4 heteroatoms. The monoisotopic (exact) mass is 300 g/mol. The summed E-state index contributed by atoms with van der Waals surface area (Å²) in [5.74, 6) is 0. The van der Waals surface area contributed by atoms with E-state index in [1.807, 2.05) is 12.4 Å². The van der Waals surface area contributed by atoms with Crippen molar-refractivity contribution in [3.8, 4) is 0 Å². The minimum absolute atomic E-state index is 0.506. The first-order valence-electron chi connectivity index (χ1n) is 6.08. The lowest BCUT2D eigenvalue weighted by Crippen LogP contribution is -2.31. The second-order valence-electron chi connectivity index (χ2n) is 4.11. The van der Waals surface area contributed by atoms with Gasteiger partial charge in [-0.3, -0.25) is 4.98 Å². The predicted molar refractivity (Wildman–Crippen MR) is 74.2 cm³/mol. The van der Waals surface area contributed by atoms with Crippen LogP contribution in [-0.4, -0.2) is 31.3 Å². The van der Waals surface area contributed by atoms with Crippen molar-refractivity contribution in [2.24, 2.45) is 0 Å². The minimum atomic E-state index is 0.506. The van der Waals surface area contributed by atoms with Gasteiger partial charge in [-0.2, -0.15) is 0 Å². The van der Waals surface area contributed by atoms with Gasteiger partial charge in [0.2, 0.25) is 0 Å². The highest BCUT2D eigenvalue weighted by Crippen LogP contribution is 2.13. The zero-order valence-electron chi connectivity index (χ0n) is 10.6. The van der Waals surface area contributed by atoms with Crippen LogP contribution in [0.5, 0.6) is 0 Å². The molecule has 17 heavy (non-hydrogen) atoms. The summed E-state index contributed by atoms with van der Waals surface area (Å²) in [4.78, 5) is 4.19. The Morgan fingerprint density at radius 2 is 2.29 bits per heavy atom. The van der Waals surface area contributed by atoms with Crippen LogP contribution in [0.1, 0.15) is 25.3 Å². The lowest BCUT2D eigenvalue weighted by atomic mass is 10.0. The third-order valence-corrected chi connectivity index (χ3v) is 3.07. The van der Waals surface area contributed by atoms with Gasteiger partial charge in [0.1, 0.15) is 0 Å². The van der Waals surface area contributed by atoms with Crippen molar-refractivity contribution in [1.29, 1.82) is 0 Å². The van der Waals surface area contributed by atoms with Crippen LogP contribution >= 0.6 is 15.9 Å². The van der Waals surface area contributed by atoms with Crippen molar-refractivity contribution in [3.05, 3.63) is 28.5 Å². The number of methoxy groups -OCH3 is 1. The molecule has 1 unspecified atom stereocenters. The van der Waals surface area contributed by atoms with E-state index in [4.69, 9.17) is 4.74 Å². The quantitative estimate of drug-likeness (QED) is 0.750. The molecule has 0 aromatic carbocycles. The van der Waals surface area contributed by atoms with Gasteiger partial charge in [-0.25, -0.2) is 0 Å². The Morgan fingerprint density at radius 3 is 2.94 bits per heavy atom. The van der Waals surface area contributed by atoms with E-state index in [0.29, 0.717) is 6.04 Å². The molecule has 3 nitrogen and oxygen atoms in total. The van der Waals surface area contributed by atoms with Crippen LogP contribution in [0.15, 0.2) is 22.9 Å². The number of hydrogen-bond acceptors (Lipinski definition) is 3. The molecule has 1 aromatic rings. The van der Waals surface area contributed by atoms with Crippen molar-refractivity contribution in [3.63, 3.8) is 0 Å². The van der Waals surface area contributed by atoms with Gasteiger partial charge in [-0.05, 0) is 53.4 Å². The lowest BCUT2D eigenvalue weighted by Gasteiger charge is -2.17. The summed E-state index contributed by atoms with van der Waals surface area (Å²) in [7, 11) is 1.75. The smallest absolute Gasteiger partial charge is 0.0462 e. The van der Waals surface area contributed by atoms with Gasteiger partial charge in [0.25, 0.3) is 0 Å². The van der Waals surface area contributed by atoms with Crippen molar-refractivity contribution >= 4 is 15.9 Å². The third-order valence-electron chi connectivity index (χ3n) is 2.64. The Kier molecular flexibility index (Phi) is 7.40. The first-order chi connectivity index (χ1) is 8.26. The maximum Gasteiger partial charge on any atom is 0.0462 e. The van der Waals surface area contributed by atoms with Crippen molar-refractivity contribution in [2.75, 3.05) is 20.3 Å². The third kappa shape index (κ3) is 6.15. The number of nitrogens with zero attached hydrogens (tertiary/aromatic N) is 1. The molecule has 0 aliphatic heterocycles. The molecule has 0 radical (unpaired) electrons. The standard InChI is InChI=1S/C13H21BrN2O/c1-3-16-13(5-4-6-17-2)8-11-7-12(14)10-15-9-11/h7,9-10,13,16H,3-6,8H2,1-2H3. The number of ether oxygens (including phenoxy) is 1. The van der Waals surface area contributed by atoms with Crippen LogP contribution in [0, 0.1) is 0 Å². The summed E-state index contributed by atoms with van der Waals surface area (Å²) in [5.41, 5.74) is 1.27. The van der Waals surface area contributed by atoms with Crippen molar-refractivity contribution in [1.82, 2.24) is 10.3 Å². The fraction of sp³-hybridized carbons (Fsp3) is 0.615. The zero-order valence-corrected chi connectivity index (χ0v) is 12.2. The molecule has 1 atom stereocenters. The van der Waals surface area contributed by atoms with Gasteiger partial charge < -0.3 is 10.1 Å². The Hall–Kier alpha value is -0.450. The van der Waals surface area contributed by atoms with E-state index in [2.05, 4.69) is 39.2 Å². The maximum absolute atomic E-state index is 5.09. The maximum atomic E-state index is 5.09. The summed E-state index contributed by atoms with van der Waals surface area (Å²) in [6, 6.07) is 2.64. The highest BCUT2D eigenvalue weighted by molar-refractivity contribution is 9.10. The largest absolute Gasteiger partial charge is 0.385 e. The first-order valence-corrected chi connectivity index (χ1v) is 6.87. The summed E-state index contributed by atoms with van der Waals surface area (Å²) in [6.45, 7) is 3.97. The molecule has 0 fully saturated rings. The molecule has 1 N–H and O–H groups in total. The van der Waals surface area contributed by atoms with E-state index in [1.165, 1.54) is 5.56 Å². The number of rotatable bonds is 8. The van der Waals surface area contributed by atoms with Crippen LogP contribution in [0.2, 0.25) is 0 Å². The predicted octanol–water partition coefficient (Wildman–Crippen LogP) is 2.79. The Morgan fingerprint density at radius 1 is 1.47 bits per heavy atom. The molecule has 0 aliphatic rings. The zero-order chi connectivity index (χ0) is 12.5. The number of aromatic nitrogens is 1. The summed E-state index contributed by atoms with van der Waals surface area (Å²) < 4.78 is 6.14. The minimum Gasteiger partial charge on any atom is -0.385 e. The summed E-state index contributed by atoms with van der Waals surface area (Å²) in [6.07, 6.45) is 7.00. The number of hydrogen-bond donors (Lipinski definition) is 1. The lowest BCUT2D eigenvalue weighted by molar-refractivity contribution is 0.188. The SMILES string of the molecule is CCNC(CCCOC)Cc1cncc(Br)c1. The fourth-order valence-corrected chi connectivity index (χ4v) is 2.30.